The third-order valence-electron chi connectivity index (χ3n) is 2.77. The Morgan fingerprint density at radius 1 is 1.33 bits per heavy atom. The molecule has 112 valence electrons. The van der Waals surface area contributed by atoms with Crippen LogP contribution in [0.25, 0.3) is 0 Å². The van der Waals surface area contributed by atoms with Gasteiger partial charge in [-0.2, -0.15) is 0 Å². The molecular weight excluding hydrogens is 276 g/mol. The maximum atomic E-state index is 11.7. The second-order valence-corrected chi connectivity index (χ2v) is 4.44. The topological polar surface area (TPSA) is 133 Å². The normalized spacial score (nSPS) is 13.0. The molecule has 0 aliphatic carbocycles. The van der Waals surface area contributed by atoms with Crippen LogP contribution >= 0.6 is 0 Å². The molecule has 0 aromatic heterocycles. The molecule has 0 aliphatic heterocycles. The molecule has 2 atom stereocenters. The van der Waals surface area contributed by atoms with E-state index in [9.17, 15) is 19.8 Å². The van der Waals surface area contributed by atoms with Crippen LogP contribution in [0.2, 0.25) is 0 Å². The van der Waals surface area contributed by atoms with Crippen molar-refractivity contribution < 1.29 is 24.9 Å². The number of carboxylic acids is 1. The van der Waals surface area contributed by atoms with E-state index in [0.29, 0.717) is 5.56 Å². The maximum Gasteiger partial charge on any atom is 0.326 e. The molecule has 1 aromatic carbocycles. The van der Waals surface area contributed by atoms with Crippen LogP contribution in [0.3, 0.4) is 0 Å². The maximum absolute atomic E-state index is 11.7. The number of nitrogens with two attached hydrogens (primary N) is 1. The van der Waals surface area contributed by atoms with Crippen molar-refractivity contribution in [3.8, 4) is 23.8 Å². The Morgan fingerprint density at radius 2 is 2.00 bits per heavy atom. The van der Waals surface area contributed by atoms with Gasteiger partial charge in [0.15, 0.2) is 11.5 Å². The van der Waals surface area contributed by atoms with Crippen molar-refractivity contribution in [2.24, 2.45) is 5.73 Å². The fourth-order valence-electron chi connectivity index (χ4n) is 1.63. The summed E-state index contributed by atoms with van der Waals surface area (Å²) in [5.41, 5.74) is 5.93. The van der Waals surface area contributed by atoms with Crippen LogP contribution in [-0.4, -0.2) is 39.3 Å². The first-order chi connectivity index (χ1) is 9.85. The summed E-state index contributed by atoms with van der Waals surface area (Å²) in [6.45, 7) is 0. The van der Waals surface area contributed by atoms with Crippen LogP contribution in [0, 0.1) is 12.3 Å². The second kappa shape index (κ2) is 7.17. The molecule has 0 radical (unpaired) electrons. The Labute approximate surface area is 121 Å². The lowest BCUT2D eigenvalue weighted by Crippen LogP contribution is -2.49. The molecule has 0 bridgehead atoms. The molecule has 0 fully saturated rings. The molecule has 0 heterocycles. The van der Waals surface area contributed by atoms with E-state index < -0.39 is 24.0 Å². The van der Waals surface area contributed by atoms with Gasteiger partial charge in [0.25, 0.3) is 0 Å². The van der Waals surface area contributed by atoms with Gasteiger partial charge in [-0.1, -0.05) is 6.07 Å². The number of hydrogen-bond donors (Lipinski definition) is 5. The lowest BCUT2D eigenvalue weighted by atomic mass is 10.0. The Kier molecular flexibility index (Phi) is 5.57. The predicted molar refractivity (Wildman–Crippen MR) is 74.5 cm³/mol. The number of terminal acetylenes is 1. The molecule has 1 aromatic rings. The van der Waals surface area contributed by atoms with Crippen LogP contribution in [0.1, 0.15) is 12.0 Å². The summed E-state index contributed by atoms with van der Waals surface area (Å²) in [6.07, 6.45) is 4.96. The van der Waals surface area contributed by atoms with E-state index in [-0.39, 0.29) is 24.3 Å². The molecular formula is C14H16N2O5. The highest BCUT2D eigenvalue weighted by Gasteiger charge is 2.23. The second-order valence-electron chi connectivity index (χ2n) is 4.44. The fraction of sp³-hybridized carbons (Fsp3) is 0.286. The number of aliphatic carboxylic acids is 1. The van der Waals surface area contributed by atoms with E-state index in [2.05, 4.69) is 11.2 Å². The van der Waals surface area contributed by atoms with Crippen LogP contribution in [0.15, 0.2) is 18.2 Å². The van der Waals surface area contributed by atoms with Crippen molar-refractivity contribution in [2.45, 2.75) is 24.9 Å². The van der Waals surface area contributed by atoms with E-state index in [1.54, 1.807) is 0 Å². The van der Waals surface area contributed by atoms with Crippen LogP contribution < -0.4 is 11.1 Å². The first-order valence-electron chi connectivity index (χ1n) is 6.08. The van der Waals surface area contributed by atoms with Crippen molar-refractivity contribution in [2.75, 3.05) is 0 Å². The highest BCUT2D eigenvalue weighted by Crippen LogP contribution is 2.25. The Morgan fingerprint density at radius 3 is 2.52 bits per heavy atom. The summed E-state index contributed by atoms with van der Waals surface area (Å²) in [4.78, 5) is 22.8. The van der Waals surface area contributed by atoms with Crippen molar-refractivity contribution in [3.63, 3.8) is 0 Å². The quantitative estimate of drug-likeness (QED) is 0.356. The number of phenols is 2. The van der Waals surface area contributed by atoms with E-state index in [1.807, 2.05) is 0 Å². The number of hydrogen-bond acceptors (Lipinski definition) is 5. The third kappa shape index (κ3) is 4.71. The highest BCUT2D eigenvalue weighted by atomic mass is 16.4. The summed E-state index contributed by atoms with van der Waals surface area (Å²) < 4.78 is 0. The van der Waals surface area contributed by atoms with Gasteiger partial charge in [0.1, 0.15) is 6.04 Å². The lowest BCUT2D eigenvalue weighted by molar-refractivity contribution is -0.141. The largest absolute Gasteiger partial charge is 0.504 e. The summed E-state index contributed by atoms with van der Waals surface area (Å²) in [5, 5.41) is 29.9. The molecule has 0 aliphatic rings. The smallest absolute Gasteiger partial charge is 0.326 e. The van der Waals surface area contributed by atoms with E-state index in [0.717, 1.165) is 0 Å². The number of carbonyl (C=O) groups is 2. The molecule has 0 spiro atoms. The first-order valence-corrected chi connectivity index (χ1v) is 6.08. The van der Waals surface area contributed by atoms with E-state index >= 15 is 0 Å². The van der Waals surface area contributed by atoms with Gasteiger partial charge in [0, 0.05) is 12.8 Å². The zero-order chi connectivity index (χ0) is 16.0. The standard InChI is InChI=1S/C14H16N2O5/c1-2-3-9(15)13(19)16-10(14(20)21)6-8-4-5-11(17)12(18)7-8/h1,4-5,7,9-10,17-18H,3,6,15H2,(H,16,19)(H,20,21)/t9?,10-/m0/s1. The molecule has 7 nitrogen and oxygen atoms in total. The minimum Gasteiger partial charge on any atom is -0.504 e. The average Bonchev–Trinajstić information content (AvgIpc) is 2.42. The summed E-state index contributed by atoms with van der Waals surface area (Å²) in [7, 11) is 0. The van der Waals surface area contributed by atoms with Crippen molar-refractivity contribution >= 4 is 11.9 Å². The highest BCUT2D eigenvalue weighted by molar-refractivity contribution is 5.87. The van der Waals surface area contributed by atoms with Gasteiger partial charge in [-0.3, -0.25) is 4.79 Å². The Balaban J connectivity index is 2.79. The van der Waals surface area contributed by atoms with Crippen LogP contribution in [0.4, 0.5) is 0 Å². The Hall–Kier alpha value is -2.72. The molecule has 1 unspecified atom stereocenters. The lowest BCUT2D eigenvalue weighted by Gasteiger charge is -2.17. The van der Waals surface area contributed by atoms with Gasteiger partial charge in [0.2, 0.25) is 5.91 Å². The van der Waals surface area contributed by atoms with Crippen molar-refractivity contribution in [3.05, 3.63) is 23.8 Å². The molecule has 7 heteroatoms. The minimum absolute atomic E-state index is 0.00182. The zero-order valence-electron chi connectivity index (χ0n) is 11.1. The summed E-state index contributed by atoms with van der Waals surface area (Å²) in [6, 6.07) is 1.70. The minimum atomic E-state index is -1.25. The number of carbonyl (C=O) groups excluding carboxylic acids is 1. The van der Waals surface area contributed by atoms with Crippen molar-refractivity contribution in [1.29, 1.82) is 0 Å². The van der Waals surface area contributed by atoms with Gasteiger partial charge in [-0.25, -0.2) is 4.79 Å². The van der Waals surface area contributed by atoms with Gasteiger partial charge in [0.05, 0.1) is 6.04 Å². The fourth-order valence-corrected chi connectivity index (χ4v) is 1.63. The Bertz CT molecular complexity index is 579. The number of carboxylic acid groups (broad SMARTS) is 1. The van der Waals surface area contributed by atoms with Gasteiger partial charge in [-0.05, 0) is 17.7 Å². The molecule has 1 rings (SSSR count). The number of benzene rings is 1. The number of phenolic OH excluding ortho intramolecular Hbond substituents is 2. The van der Waals surface area contributed by atoms with E-state index in [1.165, 1.54) is 18.2 Å². The number of aromatic hydroxyl groups is 2. The molecule has 0 saturated heterocycles. The molecule has 6 N–H and O–H groups in total. The monoisotopic (exact) mass is 292 g/mol. The van der Waals surface area contributed by atoms with Crippen LogP contribution in [0.5, 0.6) is 11.5 Å². The third-order valence-corrected chi connectivity index (χ3v) is 2.77. The van der Waals surface area contributed by atoms with Gasteiger partial charge in [-0.15, -0.1) is 12.3 Å². The summed E-state index contributed by atoms with van der Waals surface area (Å²) in [5.74, 6) is -0.373. The van der Waals surface area contributed by atoms with Gasteiger partial charge < -0.3 is 26.4 Å². The number of rotatable bonds is 6. The van der Waals surface area contributed by atoms with Crippen LogP contribution in [-0.2, 0) is 16.0 Å². The van der Waals surface area contributed by atoms with Crippen molar-refractivity contribution in [1.82, 2.24) is 5.32 Å². The molecule has 21 heavy (non-hydrogen) atoms. The summed E-state index contributed by atoms with van der Waals surface area (Å²) >= 11 is 0. The first kappa shape index (κ1) is 16.3. The number of amides is 1. The molecule has 0 saturated carbocycles. The predicted octanol–water partition coefficient (Wildman–Crippen LogP) is -0.440. The zero-order valence-corrected chi connectivity index (χ0v) is 11.1. The van der Waals surface area contributed by atoms with E-state index in [4.69, 9.17) is 17.3 Å². The average molecular weight is 292 g/mol. The molecule has 1 amide bonds. The van der Waals surface area contributed by atoms with Gasteiger partial charge >= 0.3 is 5.97 Å². The SMILES string of the molecule is C#CCC(N)C(=O)N[C@@H](Cc1ccc(O)c(O)c1)C(=O)O. The number of nitrogens with one attached hydrogen (secondary N) is 1.